The van der Waals surface area contributed by atoms with Crippen molar-refractivity contribution in [3.05, 3.63) is 44.1 Å². The zero-order valence-electron chi connectivity index (χ0n) is 22.7. The molecular weight excluding hydrogens is 647 g/mol. The Balaban J connectivity index is 1.78. The molecule has 5 unspecified atom stereocenters. The molecule has 0 aliphatic heterocycles. The van der Waals surface area contributed by atoms with Crippen LogP contribution in [0.1, 0.15) is 55.1 Å². The first kappa shape index (κ1) is 30.5. The van der Waals surface area contributed by atoms with Gasteiger partial charge in [0.15, 0.2) is 23.1 Å². The average molecular weight is 676 g/mol. The maximum atomic E-state index is 13.7. The number of benzene rings is 1. The van der Waals surface area contributed by atoms with Gasteiger partial charge < -0.3 is 14.6 Å². The third-order valence-corrected chi connectivity index (χ3v) is 8.59. The van der Waals surface area contributed by atoms with E-state index in [0.29, 0.717) is 11.1 Å². The second-order valence-electron chi connectivity index (χ2n) is 10.4. The minimum Gasteiger partial charge on any atom is -0.507 e. The fourth-order valence-electron chi connectivity index (χ4n) is 6.22. The molecule has 216 valence electrons. The predicted octanol–water partition coefficient (Wildman–Crippen LogP) is 3.14. The molecule has 11 heteroatoms. The normalized spacial score (nSPS) is 26.1. The summed E-state index contributed by atoms with van der Waals surface area (Å²) in [4.78, 5) is 90.0. The number of aromatic hydroxyl groups is 1. The molecular formula is C30H29IO10. The number of halogens is 1. The van der Waals surface area contributed by atoms with Crippen molar-refractivity contribution in [2.45, 2.75) is 40.0 Å². The van der Waals surface area contributed by atoms with Crippen molar-refractivity contribution < 1.29 is 48.1 Å². The Morgan fingerprint density at radius 2 is 1.59 bits per heavy atom. The first-order chi connectivity index (χ1) is 19.4. The van der Waals surface area contributed by atoms with Crippen LogP contribution in [-0.2, 0) is 44.7 Å². The number of phenolic OH excluding ortho intramolecular Hbond substituents is 1. The predicted molar refractivity (Wildman–Crippen MR) is 152 cm³/mol. The van der Waals surface area contributed by atoms with E-state index in [-0.39, 0.29) is 52.9 Å². The van der Waals surface area contributed by atoms with E-state index in [2.05, 4.69) is 0 Å². The molecule has 0 radical (unpaired) electrons. The van der Waals surface area contributed by atoms with Gasteiger partial charge in [-0.3, -0.25) is 24.0 Å². The first-order valence-corrected chi connectivity index (χ1v) is 14.4. The summed E-state index contributed by atoms with van der Waals surface area (Å²) in [6.45, 7) is 4.63. The second kappa shape index (κ2) is 12.2. The van der Waals surface area contributed by atoms with Crippen molar-refractivity contribution in [3.8, 4) is 5.75 Å². The Morgan fingerprint density at radius 3 is 2.22 bits per heavy atom. The number of ketones is 5. The van der Waals surface area contributed by atoms with Crippen molar-refractivity contribution in [1.82, 2.24) is 0 Å². The topological polar surface area (TPSA) is 158 Å². The summed E-state index contributed by atoms with van der Waals surface area (Å²) in [5.41, 5.74) is 0.727. The summed E-state index contributed by atoms with van der Waals surface area (Å²) in [7, 11) is 0. The Morgan fingerprint density at radius 1 is 0.951 bits per heavy atom. The zero-order chi connectivity index (χ0) is 30.2. The molecule has 2 saturated carbocycles. The smallest absolute Gasteiger partial charge is 0.344 e. The standard InChI is InChI=1S/C30H29IO10/c1-4-40-29(38)17(11-19(31)30(39)41-5-2)8-14-6-7-20(33)25-18(14)10-15-9-16-12-21(34)22(13(3)32)26(35)24(16)27(36)23(15)28(25)37/h6-8,11,15-16,22-24,33H,4-5,9-10,12H2,1-3H3/b17-8-,19-11-. The summed E-state index contributed by atoms with van der Waals surface area (Å²) in [5.74, 6) is -9.92. The molecule has 2 fully saturated rings. The maximum Gasteiger partial charge on any atom is 0.344 e. The first-order valence-electron chi connectivity index (χ1n) is 13.3. The largest absolute Gasteiger partial charge is 0.507 e. The molecule has 3 aliphatic rings. The lowest BCUT2D eigenvalue weighted by atomic mass is 9.55. The second-order valence-corrected chi connectivity index (χ2v) is 11.5. The van der Waals surface area contributed by atoms with E-state index in [9.17, 15) is 38.7 Å². The molecule has 0 saturated heterocycles. The number of Topliss-reactive ketones (excluding diaryl/α,β-unsaturated/α-hetero) is 5. The molecule has 0 amide bonds. The van der Waals surface area contributed by atoms with E-state index in [1.54, 1.807) is 36.4 Å². The van der Waals surface area contributed by atoms with Crippen LogP contribution in [0.5, 0.6) is 5.75 Å². The van der Waals surface area contributed by atoms with Crippen molar-refractivity contribution in [2.75, 3.05) is 13.2 Å². The zero-order valence-corrected chi connectivity index (χ0v) is 24.9. The summed E-state index contributed by atoms with van der Waals surface area (Å²) < 4.78 is 10.3. The SMILES string of the molecule is CCOC(=O)/C(I)=C/C(=C/c1ccc(O)c2c1CC1CC3CC(=O)C(C(C)=O)C(=O)C3C(=O)C1C2=O)C(=O)OCC. The fraction of sp³-hybridized carbons (Fsp3) is 0.433. The molecule has 1 aromatic rings. The number of carbonyl (C=O) groups excluding carboxylic acids is 7. The number of carbonyl (C=O) groups is 7. The molecule has 0 heterocycles. The Labute approximate surface area is 249 Å². The summed E-state index contributed by atoms with van der Waals surface area (Å²) in [6, 6.07) is 2.79. The van der Waals surface area contributed by atoms with Gasteiger partial charge >= 0.3 is 11.9 Å². The molecule has 5 atom stereocenters. The van der Waals surface area contributed by atoms with Gasteiger partial charge in [0.05, 0.1) is 39.8 Å². The third-order valence-electron chi connectivity index (χ3n) is 7.84. The lowest BCUT2D eigenvalue weighted by Gasteiger charge is -2.44. The van der Waals surface area contributed by atoms with Crippen LogP contribution in [0, 0.1) is 29.6 Å². The Hall–Kier alpha value is -3.48. The minimum atomic E-state index is -1.49. The number of phenols is 1. The number of hydrogen-bond acceptors (Lipinski definition) is 10. The van der Waals surface area contributed by atoms with E-state index in [0.717, 1.165) is 6.92 Å². The van der Waals surface area contributed by atoms with Crippen molar-refractivity contribution in [2.24, 2.45) is 29.6 Å². The van der Waals surface area contributed by atoms with Crippen molar-refractivity contribution >= 4 is 69.5 Å². The van der Waals surface area contributed by atoms with Crippen LogP contribution in [0.25, 0.3) is 6.08 Å². The Bertz CT molecular complexity index is 1430. The summed E-state index contributed by atoms with van der Waals surface area (Å²) in [6.07, 6.45) is 3.05. The van der Waals surface area contributed by atoms with E-state index < -0.39 is 70.4 Å². The van der Waals surface area contributed by atoms with Crippen LogP contribution in [0.4, 0.5) is 0 Å². The highest BCUT2D eigenvalue weighted by molar-refractivity contribution is 14.1. The van der Waals surface area contributed by atoms with Gasteiger partial charge in [0.2, 0.25) is 0 Å². The molecule has 1 aromatic carbocycles. The number of rotatable bonds is 7. The number of fused-ring (bicyclic) bond motifs is 3. The quantitative estimate of drug-likeness (QED) is 0.150. The van der Waals surface area contributed by atoms with Gasteiger partial charge in [-0.25, -0.2) is 9.59 Å². The van der Waals surface area contributed by atoms with Crippen molar-refractivity contribution in [1.29, 1.82) is 0 Å². The highest BCUT2D eigenvalue weighted by atomic mass is 127. The molecule has 0 spiro atoms. The fourth-order valence-corrected chi connectivity index (χ4v) is 6.71. The lowest BCUT2D eigenvalue weighted by Crippen LogP contribution is -2.55. The van der Waals surface area contributed by atoms with E-state index in [1.165, 1.54) is 24.3 Å². The van der Waals surface area contributed by atoms with Gasteiger partial charge in [-0.1, -0.05) is 6.07 Å². The summed E-state index contributed by atoms with van der Waals surface area (Å²) in [5, 5.41) is 10.7. The van der Waals surface area contributed by atoms with Crippen LogP contribution in [0.3, 0.4) is 0 Å². The summed E-state index contributed by atoms with van der Waals surface area (Å²) >= 11 is 1.75. The lowest BCUT2D eigenvalue weighted by molar-refractivity contribution is -0.153. The van der Waals surface area contributed by atoms with Crippen LogP contribution in [0.15, 0.2) is 27.4 Å². The number of esters is 2. The van der Waals surface area contributed by atoms with Crippen LogP contribution in [0.2, 0.25) is 0 Å². The number of ether oxygens (including phenoxy) is 2. The number of hydrogen-bond donors (Lipinski definition) is 1. The molecule has 4 rings (SSSR count). The maximum absolute atomic E-state index is 13.7. The highest BCUT2D eigenvalue weighted by Crippen LogP contribution is 2.48. The van der Waals surface area contributed by atoms with Crippen LogP contribution < -0.4 is 0 Å². The van der Waals surface area contributed by atoms with Crippen LogP contribution in [-0.4, -0.2) is 59.2 Å². The average Bonchev–Trinajstić information content (AvgIpc) is 2.89. The van der Waals surface area contributed by atoms with Crippen molar-refractivity contribution in [3.63, 3.8) is 0 Å². The Kier molecular flexibility index (Phi) is 9.05. The van der Waals surface area contributed by atoms with Gasteiger partial charge in [0.1, 0.15) is 17.5 Å². The molecule has 0 bridgehead atoms. The molecule has 3 aliphatic carbocycles. The molecule has 41 heavy (non-hydrogen) atoms. The van der Waals surface area contributed by atoms with Crippen LogP contribution >= 0.6 is 22.6 Å². The van der Waals surface area contributed by atoms with E-state index in [4.69, 9.17) is 9.47 Å². The third kappa shape index (κ3) is 5.68. The molecule has 0 aromatic heterocycles. The van der Waals surface area contributed by atoms with Gasteiger partial charge in [0, 0.05) is 6.42 Å². The van der Waals surface area contributed by atoms with E-state index in [1.807, 2.05) is 0 Å². The minimum absolute atomic E-state index is 0.00491. The van der Waals surface area contributed by atoms with Gasteiger partial charge in [-0.05, 0) is 97.4 Å². The highest BCUT2D eigenvalue weighted by Gasteiger charge is 2.57. The van der Waals surface area contributed by atoms with E-state index >= 15 is 0 Å². The molecule has 1 N–H and O–H groups in total. The molecule has 10 nitrogen and oxygen atoms in total. The van der Waals surface area contributed by atoms with Gasteiger partial charge in [-0.2, -0.15) is 0 Å². The van der Waals surface area contributed by atoms with Gasteiger partial charge in [0.25, 0.3) is 0 Å². The monoisotopic (exact) mass is 676 g/mol. The van der Waals surface area contributed by atoms with Gasteiger partial charge in [-0.15, -0.1) is 0 Å².